The molecule has 0 saturated heterocycles. The molecule has 76 heavy (non-hydrogen) atoms. The number of benzene rings is 10. The van der Waals surface area contributed by atoms with Crippen LogP contribution in [0.25, 0.3) is 140 Å². The summed E-state index contributed by atoms with van der Waals surface area (Å²) in [5.41, 5.74) is 9.96. The molecule has 0 radical (unpaired) electrons. The van der Waals surface area contributed by atoms with Gasteiger partial charge in [-0.3, -0.25) is 0 Å². The van der Waals surface area contributed by atoms with Gasteiger partial charge < -0.3 is 13.6 Å². The van der Waals surface area contributed by atoms with Gasteiger partial charge in [0.15, 0.2) is 40.5 Å². The van der Waals surface area contributed by atoms with Gasteiger partial charge in [0, 0.05) is 77.8 Å². The molecule has 0 aliphatic heterocycles. The van der Waals surface area contributed by atoms with Crippen LogP contribution >= 0.6 is 0 Å². The molecule has 0 fully saturated rings. The summed E-state index contributed by atoms with van der Waals surface area (Å²) >= 11 is 0. The molecular formula is C67H42N8O. The molecule has 0 atom stereocenters. The normalized spacial score (nSPS) is 12.3. The summed E-state index contributed by atoms with van der Waals surface area (Å²) in [6.45, 7) is 0.0583. The van der Waals surface area contributed by atoms with Gasteiger partial charge in [-0.1, -0.05) is 206 Å². The van der Waals surface area contributed by atoms with Gasteiger partial charge in [-0.15, -0.1) is 0 Å². The minimum Gasteiger partial charge on any atom is -0.454 e. The van der Waals surface area contributed by atoms with Gasteiger partial charge in [0.1, 0.15) is 5.58 Å². The standard InChI is InChI=1S/C67H42N8O/c1-5-20-42(21-6-1)62-68-63(43-22-7-2-8-23-43)71-66(70-62)46-36-37-47(53(40-46)67-72-64(44-24-9-3-10-25-44)69-65(73-67)45-26-11-4-12-27-45)41-74-54-32-16-13-28-48(54)50-38-39-56-59(60(50)74)52-30-14-17-33-55(52)75(56)57-34-19-31-51-49-29-15-18-35-58(49)76-61(51)57/h1-40H,41H2/i36D,37D,40D. The van der Waals surface area contributed by atoms with Crippen LogP contribution in [0.2, 0.25) is 0 Å². The van der Waals surface area contributed by atoms with Crippen LogP contribution < -0.4 is 0 Å². The Balaban J connectivity index is 1.03. The van der Waals surface area contributed by atoms with Crippen molar-refractivity contribution in [3.63, 3.8) is 0 Å². The van der Waals surface area contributed by atoms with Crippen molar-refractivity contribution in [2.24, 2.45) is 0 Å². The highest BCUT2D eigenvalue weighted by Crippen LogP contribution is 2.44. The highest BCUT2D eigenvalue weighted by atomic mass is 16.3. The number of aromatic nitrogens is 8. The summed E-state index contributed by atoms with van der Waals surface area (Å²) in [5.74, 6) is 1.76. The number of furan rings is 1. The Labute approximate surface area is 440 Å². The van der Waals surface area contributed by atoms with Crippen molar-refractivity contribution in [3.8, 4) is 74.0 Å². The van der Waals surface area contributed by atoms with Crippen molar-refractivity contribution in [2.75, 3.05) is 0 Å². The first-order valence-electron chi connectivity index (χ1n) is 26.7. The van der Waals surface area contributed by atoms with Crippen molar-refractivity contribution in [3.05, 3.63) is 248 Å². The average Bonchev–Trinajstić information content (AvgIpc) is 3.93. The fourth-order valence-electron chi connectivity index (χ4n) is 10.8. The van der Waals surface area contributed by atoms with E-state index in [4.69, 9.17) is 34.3 Å². The van der Waals surface area contributed by atoms with E-state index < -0.39 is 0 Å². The Bertz CT molecular complexity index is 4790. The number of para-hydroxylation sites is 4. The lowest BCUT2D eigenvalue weighted by Crippen LogP contribution is -2.06. The van der Waals surface area contributed by atoms with Crippen LogP contribution in [0.1, 0.15) is 9.68 Å². The topological polar surface area (TPSA) is 100 Å². The van der Waals surface area contributed by atoms with E-state index in [0.29, 0.717) is 28.9 Å². The second-order valence-corrected chi connectivity index (χ2v) is 18.7. The molecule has 0 aliphatic carbocycles. The van der Waals surface area contributed by atoms with E-state index >= 15 is 0 Å². The average molecular weight is 978 g/mol. The van der Waals surface area contributed by atoms with E-state index in [2.05, 4.69) is 81.9 Å². The number of fused-ring (bicyclic) bond motifs is 10. The van der Waals surface area contributed by atoms with Gasteiger partial charge >= 0.3 is 0 Å². The summed E-state index contributed by atoms with van der Waals surface area (Å²) in [4.78, 5) is 30.5. The SMILES string of the molecule is [2H]c1c([2H])c(-c2nc(-c3ccccc3)nc(-c3ccccc3)n2)c([2H])c(-c2nc(-c3ccccc3)nc(-c3ccccc3)n2)c1Cn1c2ccccc2c2ccc3c(c4ccccc4n3-c3cccc4c3oc3ccccc34)c21. The smallest absolute Gasteiger partial charge is 0.164 e. The van der Waals surface area contributed by atoms with Crippen LogP contribution in [0.3, 0.4) is 0 Å². The fourth-order valence-corrected chi connectivity index (χ4v) is 10.8. The molecule has 0 N–H and O–H groups in total. The molecule has 0 unspecified atom stereocenters. The monoisotopic (exact) mass is 977 g/mol. The summed E-state index contributed by atoms with van der Waals surface area (Å²) in [7, 11) is 0. The Morgan fingerprint density at radius 2 is 0.855 bits per heavy atom. The number of rotatable bonds is 9. The molecule has 15 aromatic rings. The van der Waals surface area contributed by atoms with Crippen LogP contribution in [-0.4, -0.2) is 39.0 Å². The lowest BCUT2D eigenvalue weighted by Gasteiger charge is -2.16. The number of hydrogen-bond donors (Lipinski definition) is 0. The van der Waals surface area contributed by atoms with E-state index in [1.807, 2.05) is 152 Å². The predicted octanol–water partition coefficient (Wildman–Crippen LogP) is 16.2. The molecule has 10 aromatic carbocycles. The zero-order chi connectivity index (χ0) is 52.7. The highest BCUT2D eigenvalue weighted by Gasteiger charge is 2.25. The van der Waals surface area contributed by atoms with Gasteiger partial charge in [-0.25, -0.2) is 29.9 Å². The van der Waals surface area contributed by atoms with Crippen LogP contribution in [0.5, 0.6) is 0 Å². The maximum Gasteiger partial charge on any atom is 0.164 e. The maximum atomic E-state index is 10.6. The second-order valence-electron chi connectivity index (χ2n) is 18.7. The first-order valence-corrected chi connectivity index (χ1v) is 25.2. The van der Waals surface area contributed by atoms with E-state index in [-0.39, 0.29) is 47.4 Å². The van der Waals surface area contributed by atoms with Gasteiger partial charge in [0.25, 0.3) is 0 Å². The van der Waals surface area contributed by atoms with Crippen LogP contribution in [0, 0.1) is 0 Å². The zero-order valence-electron chi connectivity index (χ0n) is 43.6. The summed E-state index contributed by atoms with van der Waals surface area (Å²) in [6, 6.07) is 73.7. The Morgan fingerprint density at radius 1 is 0.368 bits per heavy atom. The molecule has 9 nitrogen and oxygen atoms in total. The summed E-state index contributed by atoms with van der Waals surface area (Å²) < 4.78 is 42.2. The van der Waals surface area contributed by atoms with Gasteiger partial charge in [0.05, 0.1) is 26.3 Å². The largest absolute Gasteiger partial charge is 0.454 e. The Kier molecular flexibility index (Phi) is 9.34. The van der Waals surface area contributed by atoms with Gasteiger partial charge in [0.2, 0.25) is 0 Å². The molecule has 5 aromatic heterocycles. The minimum absolute atomic E-state index is 0.0518. The van der Waals surface area contributed by atoms with Crippen molar-refractivity contribution < 1.29 is 8.53 Å². The van der Waals surface area contributed by atoms with E-state index in [1.165, 1.54) is 0 Å². The molecule has 0 amide bonds. The maximum absolute atomic E-state index is 10.6. The second kappa shape index (κ2) is 17.7. The van der Waals surface area contributed by atoms with E-state index in [9.17, 15) is 4.11 Å². The molecule has 0 aliphatic rings. The molecular weight excluding hydrogens is 933 g/mol. The first-order chi connectivity index (χ1) is 38.9. The van der Waals surface area contributed by atoms with Crippen LogP contribution in [-0.2, 0) is 6.54 Å². The van der Waals surface area contributed by atoms with Crippen molar-refractivity contribution in [1.29, 1.82) is 0 Å². The van der Waals surface area contributed by atoms with Crippen LogP contribution in [0.15, 0.2) is 247 Å². The highest BCUT2D eigenvalue weighted by molar-refractivity contribution is 6.26. The third-order valence-electron chi connectivity index (χ3n) is 14.2. The lowest BCUT2D eigenvalue weighted by molar-refractivity contribution is 0.666. The van der Waals surface area contributed by atoms with E-state index in [1.54, 1.807) is 0 Å². The zero-order valence-corrected chi connectivity index (χ0v) is 40.6. The molecule has 0 spiro atoms. The summed E-state index contributed by atoms with van der Waals surface area (Å²) in [6.07, 6.45) is 0. The number of hydrogen-bond acceptors (Lipinski definition) is 7. The first kappa shape index (κ1) is 40.1. The molecule has 0 bridgehead atoms. The minimum atomic E-state index is -0.213. The molecule has 5 heterocycles. The summed E-state index contributed by atoms with van der Waals surface area (Å²) in [5, 5.41) is 6.14. The molecule has 9 heteroatoms. The lowest BCUT2D eigenvalue weighted by atomic mass is 10.0. The Hall–Kier alpha value is -10.4. The molecule has 0 saturated carbocycles. The van der Waals surface area contributed by atoms with E-state index in [0.717, 1.165) is 93.5 Å². The predicted molar refractivity (Wildman–Crippen MR) is 306 cm³/mol. The molecule has 356 valence electrons. The van der Waals surface area contributed by atoms with Crippen molar-refractivity contribution in [2.45, 2.75) is 6.54 Å². The van der Waals surface area contributed by atoms with Crippen LogP contribution in [0.4, 0.5) is 0 Å². The van der Waals surface area contributed by atoms with Gasteiger partial charge in [-0.05, 0) is 41.9 Å². The molecule has 15 rings (SSSR count). The van der Waals surface area contributed by atoms with Crippen molar-refractivity contribution in [1.82, 2.24) is 39.0 Å². The third-order valence-corrected chi connectivity index (χ3v) is 14.2. The quantitative estimate of drug-likeness (QED) is 0.142. The fraction of sp³-hybridized carbons (Fsp3) is 0.0149. The van der Waals surface area contributed by atoms with Crippen molar-refractivity contribution >= 4 is 65.6 Å². The third kappa shape index (κ3) is 7.16. The number of nitrogens with zero attached hydrogens (tertiary/aromatic N) is 8. The Morgan fingerprint density at radius 3 is 1.46 bits per heavy atom. The van der Waals surface area contributed by atoms with Gasteiger partial charge in [-0.2, -0.15) is 0 Å².